The van der Waals surface area contributed by atoms with Crippen molar-refractivity contribution in [3.05, 3.63) is 52.7 Å². The van der Waals surface area contributed by atoms with Gasteiger partial charge >= 0.3 is 0 Å². The summed E-state index contributed by atoms with van der Waals surface area (Å²) < 4.78 is 5.77. The van der Waals surface area contributed by atoms with Crippen LogP contribution in [0, 0.1) is 20.8 Å². The van der Waals surface area contributed by atoms with E-state index >= 15 is 0 Å². The summed E-state index contributed by atoms with van der Waals surface area (Å²) in [4.78, 5) is 4.35. The summed E-state index contributed by atoms with van der Waals surface area (Å²) in [5.74, 6) is 1.22. The normalized spacial score (nSPS) is 10.4. The number of benzene rings is 1. The molecule has 0 aliphatic rings. The number of pyridine rings is 1. The molecule has 0 spiro atoms. The lowest BCUT2D eigenvalue weighted by atomic mass is 10.1. The first-order valence-corrected chi connectivity index (χ1v) is 5.92. The van der Waals surface area contributed by atoms with E-state index < -0.39 is 0 Å². The van der Waals surface area contributed by atoms with Gasteiger partial charge in [-0.3, -0.25) is 0 Å². The highest BCUT2D eigenvalue weighted by atomic mass is 16.5. The molecule has 0 unspecified atom stereocenters. The maximum absolute atomic E-state index is 9.40. The maximum atomic E-state index is 9.40. The van der Waals surface area contributed by atoms with Crippen LogP contribution in [0.1, 0.15) is 22.4 Å². The van der Waals surface area contributed by atoms with E-state index in [9.17, 15) is 5.11 Å². The van der Waals surface area contributed by atoms with E-state index in [1.807, 2.05) is 51.1 Å². The fourth-order valence-corrected chi connectivity index (χ4v) is 1.90. The van der Waals surface area contributed by atoms with Crippen molar-refractivity contribution in [2.45, 2.75) is 27.4 Å². The minimum absolute atomic E-state index is 0.0692. The molecule has 0 saturated carbocycles. The average Bonchev–Trinajstić information content (AvgIpc) is 2.28. The number of aromatic nitrogens is 1. The Balaban J connectivity index is 2.39. The zero-order chi connectivity index (χ0) is 13.1. The highest BCUT2D eigenvalue weighted by Gasteiger charge is 2.10. The molecule has 18 heavy (non-hydrogen) atoms. The van der Waals surface area contributed by atoms with Crippen LogP contribution in [0.4, 0.5) is 0 Å². The van der Waals surface area contributed by atoms with Gasteiger partial charge in [-0.15, -0.1) is 0 Å². The van der Waals surface area contributed by atoms with E-state index in [1.165, 1.54) is 0 Å². The van der Waals surface area contributed by atoms with E-state index in [0.29, 0.717) is 5.88 Å². The van der Waals surface area contributed by atoms with Crippen LogP contribution < -0.4 is 4.74 Å². The number of rotatable bonds is 3. The quantitative estimate of drug-likeness (QED) is 0.899. The number of hydrogen-bond donors (Lipinski definition) is 1. The lowest BCUT2D eigenvalue weighted by Crippen LogP contribution is -1.99. The Hall–Kier alpha value is -1.87. The molecule has 1 aromatic heterocycles. The van der Waals surface area contributed by atoms with Crippen LogP contribution >= 0.6 is 0 Å². The zero-order valence-corrected chi connectivity index (χ0v) is 10.9. The number of aliphatic hydroxyl groups is 1. The molecule has 1 N–H and O–H groups in total. The van der Waals surface area contributed by atoms with Crippen LogP contribution in [0.3, 0.4) is 0 Å². The van der Waals surface area contributed by atoms with Gasteiger partial charge in [0.2, 0.25) is 5.88 Å². The fraction of sp³-hybridized carbons (Fsp3) is 0.267. The molecule has 2 rings (SSSR count). The minimum atomic E-state index is -0.0692. The third-order valence-electron chi connectivity index (χ3n) is 2.80. The van der Waals surface area contributed by atoms with Gasteiger partial charge < -0.3 is 9.84 Å². The monoisotopic (exact) mass is 243 g/mol. The molecule has 2 aromatic rings. The summed E-state index contributed by atoms with van der Waals surface area (Å²) in [6.07, 6.45) is 0. The second kappa shape index (κ2) is 5.19. The van der Waals surface area contributed by atoms with Crippen molar-refractivity contribution in [1.29, 1.82) is 0 Å². The Morgan fingerprint density at radius 2 is 1.94 bits per heavy atom. The van der Waals surface area contributed by atoms with Gasteiger partial charge in [-0.25, -0.2) is 4.98 Å². The summed E-state index contributed by atoms with van der Waals surface area (Å²) in [5.41, 5.74) is 3.74. The van der Waals surface area contributed by atoms with Crippen LogP contribution in [0.2, 0.25) is 0 Å². The summed E-state index contributed by atoms with van der Waals surface area (Å²) in [6, 6.07) is 9.71. The van der Waals surface area contributed by atoms with E-state index in [1.54, 1.807) is 0 Å². The number of aryl methyl sites for hydroxylation is 3. The topological polar surface area (TPSA) is 42.4 Å². The van der Waals surface area contributed by atoms with Gasteiger partial charge in [0.15, 0.2) is 0 Å². The number of hydrogen-bond acceptors (Lipinski definition) is 3. The molecule has 0 bridgehead atoms. The molecule has 0 atom stereocenters. The second-order valence-electron chi connectivity index (χ2n) is 4.44. The van der Waals surface area contributed by atoms with Crippen LogP contribution in [0.15, 0.2) is 30.3 Å². The molecule has 0 aliphatic carbocycles. The van der Waals surface area contributed by atoms with Gasteiger partial charge in [-0.05, 0) is 50.1 Å². The lowest BCUT2D eigenvalue weighted by molar-refractivity contribution is 0.274. The first-order chi connectivity index (χ1) is 8.60. The molecule has 0 radical (unpaired) electrons. The van der Waals surface area contributed by atoms with Gasteiger partial charge in [0.05, 0.1) is 6.61 Å². The van der Waals surface area contributed by atoms with Gasteiger partial charge in [-0.2, -0.15) is 0 Å². The fourth-order valence-electron chi connectivity index (χ4n) is 1.90. The third kappa shape index (κ3) is 2.68. The Kier molecular flexibility index (Phi) is 3.63. The van der Waals surface area contributed by atoms with Crippen LogP contribution in [0.5, 0.6) is 11.6 Å². The molecular weight excluding hydrogens is 226 g/mol. The van der Waals surface area contributed by atoms with E-state index in [-0.39, 0.29) is 6.61 Å². The second-order valence-corrected chi connectivity index (χ2v) is 4.44. The summed E-state index contributed by atoms with van der Waals surface area (Å²) in [6.45, 7) is 5.80. The van der Waals surface area contributed by atoms with E-state index in [4.69, 9.17) is 4.74 Å². The molecule has 0 fully saturated rings. The standard InChI is InChI=1S/C15H17NO2/c1-10-5-4-6-13(7-10)18-15-14(9-17)11(2)8-12(3)16-15/h4-8,17H,9H2,1-3H3. The smallest absolute Gasteiger partial charge is 0.225 e. The Morgan fingerprint density at radius 1 is 1.17 bits per heavy atom. The van der Waals surface area contributed by atoms with Crippen molar-refractivity contribution >= 4 is 0 Å². The first-order valence-electron chi connectivity index (χ1n) is 5.92. The van der Waals surface area contributed by atoms with Gasteiger partial charge in [0.1, 0.15) is 5.75 Å². The molecule has 0 amide bonds. The third-order valence-corrected chi connectivity index (χ3v) is 2.80. The maximum Gasteiger partial charge on any atom is 0.225 e. The highest BCUT2D eigenvalue weighted by molar-refractivity contribution is 5.39. The molecule has 1 aromatic carbocycles. The lowest BCUT2D eigenvalue weighted by Gasteiger charge is -2.12. The summed E-state index contributed by atoms with van der Waals surface area (Å²) in [5, 5.41) is 9.40. The highest BCUT2D eigenvalue weighted by Crippen LogP contribution is 2.26. The van der Waals surface area contributed by atoms with Crippen molar-refractivity contribution < 1.29 is 9.84 Å². The van der Waals surface area contributed by atoms with Crippen LogP contribution in [-0.2, 0) is 6.61 Å². The van der Waals surface area contributed by atoms with E-state index in [0.717, 1.165) is 28.1 Å². The van der Waals surface area contributed by atoms with Gasteiger partial charge in [0, 0.05) is 11.3 Å². The number of nitrogens with zero attached hydrogens (tertiary/aromatic N) is 1. The molecule has 0 aliphatic heterocycles. The largest absolute Gasteiger partial charge is 0.439 e. The molecule has 1 heterocycles. The van der Waals surface area contributed by atoms with Gasteiger partial charge in [0.25, 0.3) is 0 Å². The zero-order valence-electron chi connectivity index (χ0n) is 10.9. The van der Waals surface area contributed by atoms with Crippen molar-refractivity contribution in [2.24, 2.45) is 0 Å². The Morgan fingerprint density at radius 3 is 2.61 bits per heavy atom. The Labute approximate surface area is 107 Å². The predicted molar refractivity (Wildman–Crippen MR) is 70.9 cm³/mol. The van der Waals surface area contributed by atoms with Gasteiger partial charge in [-0.1, -0.05) is 12.1 Å². The molecule has 94 valence electrons. The van der Waals surface area contributed by atoms with Crippen molar-refractivity contribution in [2.75, 3.05) is 0 Å². The van der Waals surface area contributed by atoms with Crippen LogP contribution in [-0.4, -0.2) is 10.1 Å². The molecule has 3 heteroatoms. The van der Waals surface area contributed by atoms with Crippen LogP contribution in [0.25, 0.3) is 0 Å². The summed E-state index contributed by atoms with van der Waals surface area (Å²) >= 11 is 0. The molecule has 0 saturated heterocycles. The summed E-state index contributed by atoms with van der Waals surface area (Å²) in [7, 11) is 0. The minimum Gasteiger partial charge on any atom is -0.439 e. The predicted octanol–water partition coefficient (Wildman–Crippen LogP) is 3.29. The van der Waals surface area contributed by atoms with E-state index in [2.05, 4.69) is 4.98 Å². The SMILES string of the molecule is Cc1cccc(Oc2nc(C)cc(C)c2CO)c1. The van der Waals surface area contributed by atoms with Crippen molar-refractivity contribution in [3.63, 3.8) is 0 Å². The van der Waals surface area contributed by atoms with Crippen molar-refractivity contribution in [3.8, 4) is 11.6 Å². The van der Waals surface area contributed by atoms with Crippen molar-refractivity contribution in [1.82, 2.24) is 4.98 Å². The molecule has 3 nitrogen and oxygen atoms in total. The number of ether oxygens (including phenoxy) is 1. The Bertz CT molecular complexity index is 564. The average molecular weight is 243 g/mol. The first kappa shape index (κ1) is 12.6. The molecular formula is C15H17NO2. The number of aliphatic hydroxyl groups excluding tert-OH is 1.